The number of aromatic nitrogens is 2. The fourth-order valence-corrected chi connectivity index (χ4v) is 3.30. The molecule has 0 saturated carbocycles. The largest absolute Gasteiger partial charge is 0.326 e. The number of imidazole rings is 1. The summed E-state index contributed by atoms with van der Waals surface area (Å²) in [5.74, 6) is -0.507. The Labute approximate surface area is 127 Å². The molecule has 0 unspecified atom stereocenters. The second-order valence-electron chi connectivity index (χ2n) is 5.94. The average Bonchev–Trinajstić information content (AvgIpc) is 2.75. The highest BCUT2D eigenvalue weighted by Gasteiger charge is 2.25. The summed E-state index contributed by atoms with van der Waals surface area (Å²) in [6.07, 6.45) is 1.83. The number of likely N-dealkylation sites (tertiary alicyclic amines) is 1. The first-order chi connectivity index (χ1) is 9.97. The first-order valence-electron chi connectivity index (χ1n) is 7.30. The van der Waals surface area contributed by atoms with E-state index < -0.39 is 5.82 Å². The van der Waals surface area contributed by atoms with Crippen LogP contribution in [0.2, 0.25) is 5.02 Å². The van der Waals surface area contributed by atoms with Crippen LogP contribution in [0.15, 0.2) is 16.9 Å². The number of nitrogens with zero attached hydrogens (tertiary/aromatic N) is 2. The first-order valence-corrected chi connectivity index (χ1v) is 7.68. The van der Waals surface area contributed by atoms with Gasteiger partial charge in [0, 0.05) is 31.2 Å². The van der Waals surface area contributed by atoms with E-state index in [1.165, 1.54) is 6.07 Å². The van der Waals surface area contributed by atoms with Gasteiger partial charge in [-0.25, -0.2) is 9.18 Å². The highest BCUT2D eigenvalue weighted by atomic mass is 35.5. The third kappa shape index (κ3) is 2.60. The molecule has 6 heteroatoms. The van der Waals surface area contributed by atoms with Gasteiger partial charge in [0.15, 0.2) is 0 Å². The van der Waals surface area contributed by atoms with Crippen LogP contribution in [-0.2, 0) is 0 Å². The summed E-state index contributed by atoms with van der Waals surface area (Å²) < 4.78 is 15.2. The molecule has 0 spiro atoms. The third-order valence-corrected chi connectivity index (χ3v) is 4.64. The van der Waals surface area contributed by atoms with Crippen LogP contribution in [0, 0.1) is 5.82 Å². The van der Waals surface area contributed by atoms with Crippen molar-refractivity contribution in [2.24, 2.45) is 0 Å². The molecule has 1 N–H and O–H groups in total. The monoisotopic (exact) mass is 311 g/mol. The van der Waals surface area contributed by atoms with Gasteiger partial charge in [0.1, 0.15) is 5.82 Å². The Morgan fingerprint density at radius 2 is 2.00 bits per heavy atom. The molecule has 0 bridgehead atoms. The lowest BCUT2D eigenvalue weighted by Gasteiger charge is -2.35. The van der Waals surface area contributed by atoms with E-state index in [4.69, 9.17) is 11.6 Å². The fraction of sp³-hybridized carbons (Fsp3) is 0.533. The molecule has 21 heavy (non-hydrogen) atoms. The summed E-state index contributed by atoms with van der Waals surface area (Å²) in [4.78, 5) is 17.3. The number of hydrogen-bond donors (Lipinski definition) is 1. The number of nitrogens with one attached hydrogen (secondary N) is 1. The van der Waals surface area contributed by atoms with E-state index in [1.807, 2.05) is 0 Å². The van der Waals surface area contributed by atoms with Crippen molar-refractivity contribution in [1.82, 2.24) is 14.5 Å². The highest BCUT2D eigenvalue weighted by Crippen LogP contribution is 2.28. The van der Waals surface area contributed by atoms with E-state index >= 15 is 0 Å². The summed E-state index contributed by atoms with van der Waals surface area (Å²) in [5, 5.41) is 0.0508. The lowest BCUT2D eigenvalue weighted by Crippen LogP contribution is -2.40. The summed E-state index contributed by atoms with van der Waals surface area (Å²) >= 11 is 5.86. The van der Waals surface area contributed by atoms with Crippen molar-refractivity contribution in [3.05, 3.63) is 33.5 Å². The van der Waals surface area contributed by atoms with Crippen molar-refractivity contribution in [2.75, 3.05) is 13.1 Å². The predicted molar refractivity (Wildman–Crippen MR) is 82.5 cm³/mol. The third-order valence-electron chi connectivity index (χ3n) is 4.35. The van der Waals surface area contributed by atoms with Crippen molar-refractivity contribution in [3.8, 4) is 0 Å². The predicted octanol–water partition coefficient (Wildman–Crippen LogP) is 3.17. The molecule has 0 atom stereocenters. The Hall–Kier alpha value is -1.33. The van der Waals surface area contributed by atoms with Gasteiger partial charge in [-0.1, -0.05) is 11.6 Å². The first kappa shape index (κ1) is 14.6. The maximum atomic E-state index is 13.5. The minimum absolute atomic E-state index is 0.0508. The van der Waals surface area contributed by atoms with Gasteiger partial charge < -0.3 is 9.88 Å². The molecule has 0 radical (unpaired) electrons. The molecule has 2 heterocycles. The Balaban J connectivity index is 1.96. The van der Waals surface area contributed by atoms with Crippen LogP contribution in [-0.4, -0.2) is 33.6 Å². The van der Waals surface area contributed by atoms with Crippen molar-refractivity contribution in [2.45, 2.75) is 38.8 Å². The topological polar surface area (TPSA) is 41.0 Å². The van der Waals surface area contributed by atoms with Gasteiger partial charge in [-0.2, -0.15) is 0 Å². The maximum absolute atomic E-state index is 13.5. The van der Waals surface area contributed by atoms with Crippen LogP contribution in [0.25, 0.3) is 11.0 Å². The molecule has 1 aliphatic rings. The number of H-pyrrole nitrogens is 1. The maximum Gasteiger partial charge on any atom is 0.326 e. The molecule has 1 aromatic carbocycles. The van der Waals surface area contributed by atoms with E-state index in [1.54, 1.807) is 10.6 Å². The zero-order chi connectivity index (χ0) is 15.1. The number of piperidine rings is 1. The molecule has 0 amide bonds. The minimum Gasteiger partial charge on any atom is -0.305 e. The molecule has 114 valence electrons. The number of fused-ring (bicyclic) bond motifs is 1. The van der Waals surface area contributed by atoms with Crippen molar-refractivity contribution in [1.29, 1.82) is 0 Å². The highest BCUT2D eigenvalue weighted by molar-refractivity contribution is 6.31. The van der Waals surface area contributed by atoms with Crippen LogP contribution >= 0.6 is 11.6 Å². The van der Waals surface area contributed by atoms with Crippen molar-refractivity contribution in [3.63, 3.8) is 0 Å². The number of rotatable bonds is 2. The Kier molecular flexibility index (Phi) is 3.80. The lowest BCUT2D eigenvalue weighted by atomic mass is 10.0. The minimum atomic E-state index is -0.507. The number of aromatic amines is 1. The van der Waals surface area contributed by atoms with Crippen LogP contribution in [0.5, 0.6) is 0 Å². The molecular formula is C15H19ClFN3O. The molecule has 1 saturated heterocycles. The number of benzene rings is 1. The smallest absolute Gasteiger partial charge is 0.305 e. The van der Waals surface area contributed by atoms with Crippen LogP contribution in [0.4, 0.5) is 4.39 Å². The Morgan fingerprint density at radius 3 is 2.62 bits per heavy atom. The molecule has 4 nitrogen and oxygen atoms in total. The molecule has 1 aliphatic heterocycles. The van der Waals surface area contributed by atoms with E-state index in [0.717, 1.165) is 25.9 Å². The van der Waals surface area contributed by atoms with Crippen LogP contribution < -0.4 is 5.69 Å². The van der Waals surface area contributed by atoms with Gasteiger partial charge in [-0.05, 0) is 32.8 Å². The van der Waals surface area contributed by atoms with E-state index in [0.29, 0.717) is 17.1 Å². The Bertz CT molecular complexity index is 714. The zero-order valence-electron chi connectivity index (χ0n) is 12.2. The van der Waals surface area contributed by atoms with Gasteiger partial charge in [-0.15, -0.1) is 0 Å². The summed E-state index contributed by atoms with van der Waals surface area (Å²) in [5.41, 5.74) is 1.01. The number of hydrogen-bond acceptors (Lipinski definition) is 2. The fourth-order valence-electron chi connectivity index (χ4n) is 3.14. The van der Waals surface area contributed by atoms with E-state index in [2.05, 4.69) is 23.7 Å². The summed E-state index contributed by atoms with van der Waals surface area (Å²) in [6, 6.07) is 3.49. The van der Waals surface area contributed by atoms with Crippen molar-refractivity contribution < 1.29 is 4.39 Å². The average molecular weight is 312 g/mol. The molecule has 2 aromatic rings. The van der Waals surface area contributed by atoms with Crippen molar-refractivity contribution >= 4 is 22.6 Å². The SMILES string of the molecule is CC(C)N1CCC(n2c(=O)[nH]c3cc(F)c(Cl)cc32)CC1. The number of halogens is 2. The van der Waals surface area contributed by atoms with E-state index in [-0.39, 0.29) is 16.8 Å². The lowest BCUT2D eigenvalue weighted by molar-refractivity contribution is 0.152. The normalized spacial score (nSPS) is 18.0. The summed E-state index contributed by atoms with van der Waals surface area (Å²) in [6.45, 7) is 6.30. The molecule has 3 rings (SSSR count). The van der Waals surface area contributed by atoms with Gasteiger partial charge in [0.05, 0.1) is 16.1 Å². The quantitative estimate of drug-likeness (QED) is 0.925. The molecule has 1 aromatic heterocycles. The van der Waals surface area contributed by atoms with E-state index in [9.17, 15) is 9.18 Å². The standard InChI is InChI=1S/C15H19ClFN3O/c1-9(2)19-5-3-10(4-6-19)20-14-7-11(16)12(17)8-13(14)18-15(20)21/h7-10H,3-6H2,1-2H3,(H,18,21). The Morgan fingerprint density at radius 1 is 1.33 bits per heavy atom. The zero-order valence-corrected chi connectivity index (χ0v) is 13.0. The van der Waals surface area contributed by atoms with Crippen LogP contribution in [0.3, 0.4) is 0 Å². The second-order valence-corrected chi connectivity index (χ2v) is 6.35. The second kappa shape index (κ2) is 5.46. The molecular weight excluding hydrogens is 293 g/mol. The summed E-state index contributed by atoms with van der Waals surface area (Å²) in [7, 11) is 0. The van der Waals surface area contributed by atoms with Gasteiger partial charge in [0.2, 0.25) is 0 Å². The van der Waals surface area contributed by atoms with Crippen LogP contribution in [0.1, 0.15) is 32.7 Å². The molecule has 1 fully saturated rings. The van der Waals surface area contributed by atoms with Gasteiger partial charge in [0.25, 0.3) is 0 Å². The molecule has 0 aliphatic carbocycles. The van der Waals surface area contributed by atoms with Gasteiger partial charge in [-0.3, -0.25) is 4.57 Å². The van der Waals surface area contributed by atoms with Gasteiger partial charge >= 0.3 is 5.69 Å².